The summed E-state index contributed by atoms with van der Waals surface area (Å²) in [6, 6.07) is 0. The highest BCUT2D eigenvalue weighted by atomic mass is 16.5. The number of nitrogens with zero attached hydrogens (tertiary/aromatic N) is 3. The van der Waals surface area contributed by atoms with Gasteiger partial charge in [-0.25, -0.2) is 4.98 Å². The number of amides is 1. The zero-order valence-electron chi connectivity index (χ0n) is 9.63. The number of anilines is 1. The topological polar surface area (TPSA) is 99.4 Å². The monoisotopic (exact) mass is 239 g/mol. The number of primary amides is 1. The van der Waals surface area contributed by atoms with Gasteiger partial charge in [0.1, 0.15) is 0 Å². The Morgan fingerprint density at radius 3 is 2.76 bits per heavy atom. The van der Waals surface area contributed by atoms with Crippen LogP contribution < -0.4 is 11.5 Å². The molecule has 0 unspecified atom stereocenters. The van der Waals surface area contributed by atoms with Gasteiger partial charge in [-0.15, -0.1) is 0 Å². The summed E-state index contributed by atoms with van der Waals surface area (Å²) >= 11 is 0. The molecule has 0 atom stereocenters. The highest BCUT2D eigenvalue weighted by Gasteiger charge is 2.15. The predicted molar refractivity (Wildman–Crippen MR) is 62.4 cm³/mol. The summed E-state index contributed by atoms with van der Waals surface area (Å²) in [6.45, 7) is 4.83. The van der Waals surface area contributed by atoms with Crippen molar-refractivity contribution in [2.24, 2.45) is 5.73 Å². The molecule has 17 heavy (non-hydrogen) atoms. The van der Waals surface area contributed by atoms with Crippen molar-refractivity contribution in [1.82, 2.24) is 14.5 Å². The number of carbonyl (C=O) groups is 1. The maximum atomic E-state index is 11.2. The lowest BCUT2D eigenvalue weighted by Gasteiger charge is -2.26. The Bertz CT molecular complexity index is 397. The quantitative estimate of drug-likeness (QED) is 0.694. The number of hydrogen-bond donors (Lipinski definition) is 2. The van der Waals surface area contributed by atoms with Crippen LogP contribution in [0.1, 0.15) is 10.5 Å². The highest BCUT2D eigenvalue weighted by Crippen LogP contribution is 2.09. The molecular formula is C10H17N5O2. The largest absolute Gasteiger partial charge is 0.382 e. The molecule has 0 radical (unpaired) electrons. The molecule has 1 aliphatic rings. The molecule has 1 fully saturated rings. The van der Waals surface area contributed by atoms with E-state index < -0.39 is 5.91 Å². The Labute approximate surface area is 99.3 Å². The van der Waals surface area contributed by atoms with Crippen molar-refractivity contribution < 1.29 is 9.53 Å². The summed E-state index contributed by atoms with van der Waals surface area (Å²) in [7, 11) is 0. The lowest BCUT2D eigenvalue weighted by molar-refractivity contribution is 0.0363. The Morgan fingerprint density at radius 1 is 1.41 bits per heavy atom. The molecule has 0 bridgehead atoms. The van der Waals surface area contributed by atoms with E-state index in [4.69, 9.17) is 16.2 Å². The second-order valence-corrected chi connectivity index (χ2v) is 3.99. The van der Waals surface area contributed by atoms with E-state index in [2.05, 4.69) is 9.88 Å². The molecule has 0 saturated carbocycles. The van der Waals surface area contributed by atoms with E-state index in [1.807, 2.05) is 0 Å². The maximum Gasteiger partial charge on any atom is 0.269 e. The number of carbonyl (C=O) groups excluding carboxylic acids is 1. The Kier molecular flexibility index (Phi) is 3.60. The Balaban J connectivity index is 1.96. The molecule has 1 amide bonds. The number of morpholine rings is 1. The van der Waals surface area contributed by atoms with Gasteiger partial charge in [0.05, 0.1) is 19.5 Å². The molecule has 1 aromatic rings. The molecule has 7 heteroatoms. The number of rotatable bonds is 4. The summed E-state index contributed by atoms with van der Waals surface area (Å²) < 4.78 is 6.96. The van der Waals surface area contributed by atoms with Crippen LogP contribution in [0.5, 0.6) is 0 Å². The average molecular weight is 239 g/mol. The SMILES string of the molecule is NC(=O)c1c(N)ncn1CCN1CCOCC1. The van der Waals surface area contributed by atoms with Crippen molar-refractivity contribution >= 4 is 11.7 Å². The van der Waals surface area contributed by atoms with Crippen LogP contribution >= 0.6 is 0 Å². The molecule has 94 valence electrons. The second kappa shape index (κ2) is 5.15. The van der Waals surface area contributed by atoms with Crippen molar-refractivity contribution in [3.8, 4) is 0 Å². The molecule has 0 aliphatic carbocycles. The third-order valence-corrected chi connectivity index (χ3v) is 2.86. The van der Waals surface area contributed by atoms with E-state index in [9.17, 15) is 4.79 Å². The molecule has 0 spiro atoms. The first-order valence-corrected chi connectivity index (χ1v) is 5.59. The highest BCUT2D eigenvalue weighted by molar-refractivity contribution is 5.95. The first-order valence-electron chi connectivity index (χ1n) is 5.59. The molecular weight excluding hydrogens is 222 g/mol. The fourth-order valence-electron chi connectivity index (χ4n) is 1.91. The van der Waals surface area contributed by atoms with Gasteiger partial charge in [-0.05, 0) is 0 Å². The average Bonchev–Trinajstić information content (AvgIpc) is 2.69. The van der Waals surface area contributed by atoms with Gasteiger partial charge >= 0.3 is 0 Å². The molecule has 4 N–H and O–H groups in total. The van der Waals surface area contributed by atoms with E-state index >= 15 is 0 Å². The van der Waals surface area contributed by atoms with Crippen LogP contribution in [0.3, 0.4) is 0 Å². The molecule has 2 rings (SSSR count). The number of ether oxygens (including phenoxy) is 1. The third kappa shape index (κ3) is 2.75. The Hall–Kier alpha value is -1.60. The van der Waals surface area contributed by atoms with Crippen molar-refractivity contribution in [2.45, 2.75) is 6.54 Å². The van der Waals surface area contributed by atoms with Crippen molar-refractivity contribution in [1.29, 1.82) is 0 Å². The number of aromatic nitrogens is 2. The van der Waals surface area contributed by atoms with Gasteiger partial charge in [0, 0.05) is 26.2 Å². The van der Waals surface area contributed by atoms with Gasteiger partial charge in [0.2, 0.25) is 0 Å². The molecule has 0 aromatic carbocycles. The molecule has 1 aromatic heterocycles. The van der Waals surface area contributed by atoms with Gasteiger partial charge < -0.3 is 20.8 Å². The summed E-state index contributed by atoms with van der Waals surface area (Å²) in [5.74, 6) is -0.346. The number of nitrogens with two attached hydrogens (primary N) is 2. The molecule has 1 aliphatic heterocycles. The lowest BCUT2D eigenvalue weighted by atomic mass is 10.3. The first kappa shape index (κ1) is 11.9. The van der Waals surface area contributed by atoms with Crippen LogP contribution in [0, 0.1) is 0 Å². The molecule has 2 heterocycles. The summed E-state index contributed by atoms with van der Waals surface area (Å²) in [5, 5.41) is 0. The van der Waals surface area contributed by atoms with Gasteiger partial charge in [-0.1, -0.05) is 0 Å². The Morgan fingerprint density at radius 2 is 2.12 bits per heavy atom. The van der Waals surface area contributed by atoms with Crippen LogP contribution in [0.2, 0.25) is 0 Å². The van der Waals surface area contributed by atoms with E-state index in [0.717, 1.165) is 32.8 Å². The van der Waals surface area contributed by atoms with E-state index in [1.54, 1.807) is 10.9 Å². The van der Waals surface area contributed by atoms with Gasteiger partial charge in [0.15, 0.2) is 11.5 Å². The minimum Gasteiger partial charge on any atom is -0.382 e. The van der Waals surface area contributed by atoms with Gasteiger partial charge in [-0.2, -0.15) is 0 Å². The number of imidazole rings is 1. The minimum atomic E-state index is -0.540. The maximum absolute atomic E-state index is 11.2. The number of hydrogen-bond acceptors (Lipinski definition) is 5. The predicted octanol–water partition coefficient (Wildman–Crippen LogP) is -1.10. The molecule has 1 saturated heterocycles. The number of nitrogen functional groups attached to an aromatic ring is 1. The summed E-state index contributed by atoms with van der Waals surface area (Å²) in [6.07, 6.45) is 1.55. The standard InChI is InChI=1S/C10H17N5O2/c11-9-8(10(12)16)15(7-13-9)2-1-14-3-5-17-6-4-14/h7H,1-6,11H2,(H2,12,16). The van der Waals surface area contributed by atoms with Crippen LogP contribution in [-0.2, 0) is 11.3 Å². The third-order valence-electron chi connectivity index (χ3n) is 2.86. The van der Waals surface area contributed by atoms with Crippen LogP contribution in [0.15, 0.2) is 6.33 Å². The lowest BCUT2D eigenvalue weighted by Crippen LogP contribution is -2.38. The fourth-order valence-corrected chi connectivity index (χ4v) is 1.91. The van der Waals surface area contributed by atoms with E-state index in [1.165, 1.54) is 0 Å². The van der Waals surface area contributed by atoms with Crippen molar-refractivity contribution in [3.05, 3.63) is 12.0 Å². The zero-order chi connectivity index (χ0) is 12.3. The smallest absolute Gasteiger partial charge is 0.269 e. The minimum absolute atomic E-state index is 0.194. The van der Waals surface area contributed by atoms with E-state index in [0.29, 0.717) is 12.2 Å². The van der Waals surface area contributed by atoms with Crippen LogP contribution in [0.4, 0.5) is 5.82 Å². The van der Waals surface area contributed by atoms with Crippen LogP contribution in [0.25, 0.3) is 0 Å². The van der Waals surface area contributed by atoms with Gasteiger partial charge in [0.25, 0.3) is 5.91 Å². The van der Waals surface area contributed by atoms with Gasteiger partial charge in [-0.3, -0.25) is 9.69 Å². The first-order chi connectivity index (χ1) is 8.18. The van der Waals surface area contributed by atoms with Crippen molar-refractivity contribution in [3.63, 3.8) is 0 Å². The summed E-state index contributed by atoms with van der Waals surface area (Å²) in [5.41, 5.74) is 11.1. The summed E-state index contributed by atoms with van der Waals surface area (Å²) in [4.78, 5) is 17.4. The normalized spacial score (nSPS) is 17.2. The van der Waals surface area contributed by atoms with Crippen LogP contribution in [-0.4, -0.2) is 53.2 Å². The van der Waals surface area contributed by atoms with E-state index in [-0.39, 0.29) is 5.82 Å². The fraction of sp³-hybridized carbons (Fsp3) is 0.600. The second-order valence-electron chi connectivity index (χ2n) is 3.99. The van der Waals surface area contributed by atoms with Crippen molar-refractivity contribution in [2.75, 3.05) is 38.6 Å². The zero-order valence-corrected chi connectivity index (χ0v) is 9.63. The molecule has 7 nitrogen and oxygen atoms in total.